The second-order valence-electron chi connectivity index (χ2n) is 7.20. The van der Waals surface area contributed by atoms with Crippen LogP contribution in [0.1, 0.15) is 41.0 Å². The Bertz CT molecular complexity index is 1030. The molecule has 0 aromatic carbocycles. The lowest BCUT2D eigenvalue weighted by molar-refractivity contribution is -0.112. The molecule has 162 valence electrons. The number of hydrogen-bond donors (Lipinski definition) is 2. The molecule has 0 aliphatic heterocycles. The topological polar surface area (TPSA) is 107 Å². The molecule has 3 N–H and O–H groups in total. The number of carbonyl (C=O) groups excluding carboxylic acids is 1. The zero-order valence-electron chi connectivity index (χ0n) is 18.8. The number of anilines is 1. The Morgan fingerprint density at radius 3 is 2.39 bits per heavy atom. The smallest absolute Gasteiger partial charge is 0.223 e. The minimum Gasteiger partial charge on any atom is -0.402 e. The highest BCUT2D eigenvalue weighted by atomic mass is 16.1. The molecule has 2 aromatic heterocycles. The van der Waals surface area contributed by atoms with Crippen molar-refractivity contribution in [1.29, 1.82) is 0 Å². The van der Waals surface area contributed by atoms with Gasteiger partial charge in [-0.3, -0.25) is 14.8 Å². The summed E-state index contributed by atoms with van der Waals surface area (Å²) in [5, 5.41) is 3.09. The number of nitrogens with one attached hydrogen (secondary N) is 1. The summed E-state index contributed by atoms with van der Waals surface area (Å²) in [5.74, 6) is 0.270. The van der Waals surface area contributed by atoms with Crippen molar-refractivity contribution in [2.24, 2.45) is 5.73 Å². The third-order valence-electron chi connectivity index (χ3n) is 4.73. The van der Waals surface area contributed by atoms with Crippen LogP contribution in [0.2, 0.25) is 0 Å². The molecule has 0 saturated heterocycles. The molecule has 2 rings (SSSR count). The second-order valence-corrected chi connectivity index (χ2v) is 7.20. The maximum absolute atomic E-state index is 13.0. The van der Waals surface area contributed by atoms with Gasteiger partial charge in [-0.1, -0.05) is 30.7 Å². The summed E-state index contributed by atoms with van der Waals surface area (Å²) in [4.78, 5) is 29.9. The van der Waals surface area contributed by atoms with Crippen LogP contribution in [0.3, 0.4) is 0 Å². The Morgan fingerprint density at radius 1 is 1.00 bits per heavy atom. The second kappa shape index (κ2) is 11.5. The molecule has 0 saturated carbocycles. The maximum Gasteiger partial charge on any atom is 0.223 e. The Balaban J connectivity index is 2.15. The number of nitrogens with two attached hydrogens (primary N) is 1. The highest BCUT2D eigenvalue weighted by Crippen LogP contribution is 2.15. The van der Waals surface area contributed by atoms with Crippen LogP contribution < -0.4 is 11.1 Å². The SMILES string of the molecule is CC/C=C(C)/C(C)=C\C=C(/C)C(=O)/C(CNc1nccc(-c2cnccn2)n1)=C(/C)N. The maximum atomic E-state index is 13.0. The first-order valence-corrected chi connectivity index (χ1v) is 10.2. The third-order valence-corrected chi connectivity index (χ3v) is 4.73. The number of allylic oxidation sites excluding steroid dienone is 7. The Kier molecular flexibility index (Phi) is 8.81. The quantitative estimate of drug-likeness (QED) is 0.459. The average Bonchev–Trinajstić information content (AvgIpc) is 2.77. The van der Waals surface area contributed by atoms with E-state index in [0.717, 1.165) is 12.0 Å². The number of ketones is 1. The molecule has 31 heavy (non-hydrogen) atoms. The van der Waals surface area contributed by atoms with Gasteiger partial charge in [-0.05, 0) is 51.3 Å². The van der Waals surface area contributed by atoms with E-state index in [2.05, 4.69) is 45.2 Å². The average molecular weight is 419 g/mol. The summed E-state index contributed by atoms with van der Waals surface area (Å²) >= 11 is 0. The van der Waals surface area contributed by atoms with Crippen LogP contribution in [-0.4, -0.2) is 32.3 Å². The molecule has 0 bridgehead atoms. The largest absolute Gasteiger partial charge is 0.402 e. The Hall–Kier alpha value is -3.61. The molecule has 0 aliphatic carbocycles. The number of carbonyl (C=O) groups is 1. The van der Waals surface area contributed by atoms with Crippen molar-refractivity contribution in [2.75, 3.05) is 11.9 Å². The summed E-state index contributed by atoms with van der Waals surface area (Å²) in [5.41, 5.74) is 11.2. The van der Waals surface area contributed by atoms with E-state index in [1.54, 1.807) is 44.7 Å². The molecule has 0 unspecified atom stereocenters. The number of Topliss-reactive ketones (excluding diaryl/α,β-unsaturated/α-hetero) is 1. The van der Waals surface area contributed by atoms with Gasteiger partial charge in [0.05, 0.1) is 11.9 Å². The summed E-state index contributed by atoms with van der Waals surface area (Å²) in [6.07, 6.45) is 13.4. The number of hydrogen-bond acceptors (Lipinski definition) is 7. The van der Waals surface area contributed by atoms with Gasteiger partial charge >= 0.3 is 0 Å². The van der Waals surface area contributed by atoms with E-state index in [4.69, 9.17) is 5.73 Å². The fraction of sp³-hybridized carbons (Fsp3) is 0.292. The third kappa shape index (κ3) is 6.99. The van der Waals surface area contributed by atoms with Crippen molar-refractivity contribution in [3.8, 4) is 11.4 Å². The van der Waals surface area contributed by atoms with Crippen molar-refractivity contribution >= 4 is 11.7 Å². The van der Waals surface area contributed by atoms with Crippen LogP contribution in [-0.2, 0) is 4.79 Å². The van der Waals surface area contributed by atoms with E-state index in [1.165, 1.54) is 5.57 Å². The number of nitrogens with zero attached hydrogens (tertiary/aromatic N) is 4. The molecular weight excluding hydrogens is 388 g/mol. The molecule has 0 amide bonds. The molecular formula is C24H30N6O. The molecule has 2 aromatic rings. The molecule has 2 heterocycles. The number of rotatable bonds is 9. The van der Waals surface area contributed by atoms with Crippen molar-refractivity contribution < 1.29 is 4.79 Å². The lowest BCUT2D eigenvalue weighted by Gasteiger charge is -2.11. The fourth-order valence-corrected chi connectivity index (χ4v) is 2.75. The van der Waals surface area contributed by atoms with Gasteiger partial charge in [-0.25, -0.2) is 9.97 Å². The zero-order chi connectivity index (χ0) is 22.8. The van der Waals surface area contributed by atoms with Crippen molar-refractivity contribution in [1.82, 2.24) is 19.9 Å². The molecule has 0 radical (unpaired) electrons. The van der Waals surface area contributed by atoms with Gasteiger partial charge in [0, 0.05) is 36.4 Å². The van der Waals surface area contributed by atoms with Crippen LogP contribution in [0.15, 0.2) is 77.1 Å². The van der Waals surface area contributed by atoms with E-state index in [0.29, 0.717) is 34.2 Å². The van der Waals surface area contributed by atoms with Gasteiger partial charge in [0.1, 0.15) is 5.69 Å². The lowest BCUT2D eigenvalue weighted by atomic mass is 10.0. The first-order chi connectivity index (χ1) is 14.8. The van der Waals surface area contributed by atoms with Gasteiger partial charge in [0.25, 0.3) is 0 Å². The summed E-state index contributed by atoms with van der Waals surface area (Å²) in [6, 6.07) is 1.75. The molecule has 0 fully saturated rings. The Labute approximate surface area is 183 Å². The standard InChI is InChI=1S/C24H30N6O/c1-6-7-16(2)17(3)8-9-18(4)23(31)20(19(5)25)14-29-24-28-11-10-21(30-24)22-15-26-12-13-27-22/h7-13,15H,6,14,25H2,1-5H3,(H,28,29,30)/b16-7+,17-8-,18-9+,20-19-. The summed E-state index contributed by atoms with van der Waals surface area (Å²) < 4.78 is 0. The van der Waals surface area contributed by atoms with Crippen molar-refractivity contribution in [3.63, 3.8) is 0 Å². The zero-order valence-corrected chi connectivity index (χ0v) is 18.8. The minimum atomic E-state index is -0.112. The summed E-state index contributed by atoms with van der Waals surface area (Å²) in [6.45, 7) is 9.92. The first-order valence-electron chi connectivity index (χ1n) is 10.2. The number of aromatic nitrogens is 4. The van der Waals surface area contributed by atoms with E-state index < -0.39 is 0 Å². The first kappa shape index (κ1) is 23.7. The van der Waals surface area contributed by atoms with E-state index in [1.807, 2.05) is 19.1 Å². The van der Waals surface area contributed by atoms with Gasteiger partial charge < -0.3 is 11.1 Å². The lowest BCUT2D eigenvalue weighted by Crippen LogP contribution is -2.19. The van der Waals surface area contributed by atoms with E-state index in [-0.39, 0.29) is 12.3 Å². The van der Waals surface area contributed by atoms with Gasteiger partial charge in [-0.2, -0.15) is 0 Å². The van der Waals surface area contributed by atoms with Crippen molar-refractivity contribution in [3.05, 3.63) is 77.1 Å². The van der Waals surface area contributed by atoms with Crippen molar-refractivity contribution in [2.45, 2.75) is 41.0 Å². The van der Waals surface area contributed by atoms with E-state index in [9.17, 15) is 4.79 Å². The van der Waals surface area contributed by atoms with Gasteiger partial charge in [0.15, 0.2) is 5.78 Å². The van der Waals surface area contributed by atoms with Gasteiger partial charge in [-0.15, -0.1) is 0 Å². The monoisotopic (exact) mass is 418 g/mol. The highest BCUT2D eigenvalue weighted by molar-refractivity contribution is 6.08. The van der Waals surface area contributed by atoms with E-state index >= 15 is 0 Å². The van der Waals surface area contributed by atoms with Crippen LogP contribution in [0.5, 0.6) is 0 Å². The molecule has 0 aliphatic rings. The molecule has 7 nitrogen and oxygen atoms in total. The molecule has 7 heteroatoms. The normalized spacial score (nSPS) is 13.6. The predicted molar refractivity (Wildman–Crippen MR) is 125 cm³/mol. The predicted octanol–water partition coefficient (Wildman–Crippen LogP) is 4.40. The molecule has 0 atom stereocenters. The van der Waals surface area contributed by atoms with Crippen LogP contribution in [0.25, 0.3) is 11.4 Å². The van der Waals surface area contributed by atoms with Crippen LogP contribution in [0.4, 0.5) is 5.95 Å². The Morgan fingerprint density at radius 2 is 1.74 bits per heavy atom. The fourth-order valence-electron chi connectivity index (χ4n) is 2.75. The molecule has 0 spiro atoms. The minimum absolute atomic E-state index is 0.112. The van der Waals surface area contributed by atoms with Crippen LogP contribution >= 0.6 is 0 Å². The highest BCUT2D eigenvalue weighted by Gasteiger charge is 2.14. The van der Waals surface area contributed by atoms with Crippen LogP contribution in [0, 0.1) is 0 Å². The van der Waals surface area contributed by atoms with Gasteiger partial charge in [0.2, 0.25) is 5.95 Å². The summed E-state index contributed by atoms with van der Waals surface area (Å²) in [7, 11) is 0.